The summed E-state index contributed by atoms with van der Waals surface area (Å²) >= 11 is 0. The number of benzene rings is 1. The number of carbonyl (C=O) groups is 1. The van der Waals surface area contributed by atoms with Gasteiger partial charge in [0.15, 0.2) is 5.78 Å². The molecule has 1 aromatic carbocycles. The van der Waals surface area contributed by atoms with Gasteiger partial charge in [0.1, 0.15) is 0 Å². The summed E-state index contributed by atoms with van der Waals surface area (Å²) < 4.78 is 27.4. The van der Waals surface area contributed by atoms with E-state index in [1.54, 1.807) is 28.6 Å². The van der Waals surface area contributed by atoms with Gasteiger partial charge in [0.25, 0.3) is 0 Å². The van der Waals surface area contributed by atoms with E-state index in [2.05, 4.69) is 0 Å². The zero-order valence-electron chi connectivity index (χ0n) is 12.3. The number of nitrogens with zero attached hydrogens (tertiary/aromatic N) is 1. The molecule has 1 aliphatic heterocycles. The molecule has 0 N–H and O–H groups in total. The average molecular weight is 307 g/mol. The van der Waals surface area contributed by atoms with Crippen LogP contribution in [-0.4, -0.2) is 31.1 Å². The summed E-state index contributed by atoms with van der Waals surface area (Å²) in [5, 5.41) is 0. The van der Waals surface area contributed by atoms with Gasteiger partial charge < -0.3 is 0 Å². The number of Topliss-reactive ketones (excluding diaryl/α,β-unsaturated/α-hetero) is 1. The molecule has 2 unspecified atom stereocenters. The molecule has 21 heavy (non-hydrogen) atoms. The molecule has 2 atom stereocenters. The Hall–Kier alpha value is -1.20. The fourth-order valence-electron chi connectivity index (χ4n) is 3.70. The average Bonchev–Trinajstić information content (AvgIpc) is 2.95. The van der Waals surface area contributed by atoms with Crippen molar-refractivity contribution in [3.8, 4) is 0 Å². The van der Waals surface area contributed by atoms with Crippen LogP contribution in [0.3, 0.4) is 0 Å². The third-order valence-corrected chi connectivity index (χ3v) is 6.75. The van der Waals surface area contributed by atoms with Gasteiger partial charge in [-0.05, 0) is 50.7 Å². The first-order chi connectivity index (χ1) is 10.00. The van der Waals surface area contributed by atoms with E-state index in [1.807, 2.05) is 0 Å². The van der Waals surface area contributed by atoms with Gasteiger partial charge in [-0.15, -0.1) is 0 Å². The number of sulfonamides is 1. The number of fused-ring (bicyclic) bond motifs is 1. The smallest absolute Gasteiger partial charge is 0.243 e. The van der Waals surface area contributed by atoms with E-state index in [4.69, 9.17) is 0 Å². The van der Waals surface area contributed by atoms with E-state index >= 15 is 0 Å². The minimum atomic E-state index is -3.44. The lowest BCUT2D eigenvalue weighted by molar-refractivity contribution is 0.101. The highest BCUT2D eigenvalue weighted by molar-refractivity contribution is 7.89. The molecule has 3 rings (SSSR count). The largest absolute Gasteiger partial charge is 0.295 e. The Balaban J connectivity index is 1.90. The molecule has 0 amide bonds. The van der Waals surface area contributed by atoms with Crippen molar-refractivity contribution in [3.63, 3.8) is 0 Å². The Kier molecular flexibility index (Phi) is 3.88. The van der Waals surface area contributed by atoms with E-state index in [-0.39, 0.29) is 11.8 Å². The molecule has 1 aromatic rings. The zero-order chi connectivity index (χ0) is 15.0. The van der Waals surface area contributed by atoms with E-state index in [0.717, 1.165) is 32.1 Å². The first-order valence-corrected chi connectivity index (χ1v) is 9.07. The van der Waals surface area contributed by atoms with Crippen molar-refractivity contribution in [1.29, 1.82) is 0 Å². The molecule has 2 fully saturated rings. The standard InChI is InChI=1S/C16H21NO3S/c1-12(18)13-7-9-15(10-8-13)21(19,20)17-11-3-5-14-4-2-6-16(14)17/h7-10,14,16H,2-6,11H2,1H3. The fourth-order valence-corrected chi connectivity index (χ4v) is 5.46. The van der Waals surface area contributed by atoms with Crippen molar-refractivity contribution in [2.75, 3.05) is 6.54 Å². The SMILES string of the molecule is CC(=O)c1ccc(S(=O)(=O)N2CCCC3CCCC32)cc1. The van der Waals surface area contributed by atoms with Crippen LogP contribution in [-0.2, 0) is 10.0 Å². The molecule has 4 nitrogen and oxygen atoms in total. The number of carbonyl (C=O) groups excluding carboxylic acids is 1. The number of hydrogen-bond donors (Lipinski definition) is 0. The fraction of sp³-hybridized carbons (Fsp3) is 0.562. The van der Waals surface area contributed by atoms with Gasteiger partial charge in [-0.3, -0.25) is 4.79 Å². The Morgan fingerprint density at radius 2 is 1.76 bits per heavy atom. The van der Waals surface area contributed by atoms with E-state index in [9.17, 15) is 13.2 Å². The summed E-state index contributed by atoms with van der Waals surface area (Å²) in [6.45, 7) is 2.11. The number of piperidine rings is 1. The van der Waals surface area contributed by atoms with Gasteiger partial charge in [0.05, 0.1) is 4.90 Å². The molecular formula is C16H21NO3S. The van der Waals surface area contributed by atoms with E-state index < -0.39 is 10.0 Å². The molecular weight excluding hydrogens is 286 g/mol. The highest BCUT2D eigenvalue weighted by atomic mass is 32.2. The molecule has 0 spiro atoms. The molecule has 1 saturated carbocycles. The third-order valence-electron chi connectivity index (χ3n) is 4.81. The van der Waals surface area contributed by atoms with Crippen molar-refractivity contribution < 1.29 is 13.2 Å². The summed E-state index contributed by atoms with van der Waals surface area (Å²) in [6, 6.07) is 6.50. The van der Waals surface area contributed by atoms with Crippen molar-refractivity contribution in [2.45, 2.75) is 50.0 Å². The second-order valence-electron chi connectivity index (χ2n) is 6.10. The van der Waals surface area contributed by atoms with Crippen LogP contribution in [0.2, 0.25) is 0 Å². The second-order valence-corrected chi connectivity index (χ2v) is 7.99. The first kappa shape index (κ1) is 14.7. The van der Waals surface area contributed by atoms with Crippen LogP contribution < -0.4 is 0 Å². The summed E-state index contributed by atoms with van der Waals surface area (Å²) in [6.07, 6.45) is 5.37. The van der Waals surface area contributed by atoms with Gasteiger partial charge in [0.2, 0.25) is 10.0 Å². The number of rotatable bonds is 3. The minimum Gasteiger partial charge on any atom is -0.295 e. The quantitative estimate of drug-likeness (QED) is 0.807. The summed E-state index contributed by atoms with van der Waals surface area (Å²) in [4.78, 5) is 11.6. The second kappa shape index (κ2) is 5.54. The predicted molar refractivity (Wildman–Crippen MR) is 80.7 cm³/mol. The summed E-state index contributed by atoms with van der Waals surface area (Å²) in [7, 11) is -3.44. The molecule has 0 aromatic heterocycles. The first-order valence-electron chi connectivity index (χ1n) is 7.63. The van der Waals surface area contributed by atoms with Crippen LogP contribution in [0, 0.1) is 5.92 Å². The van der Waals surface area contributed by atoms with E-state index in [1.165, 1.54) is 6.92 Å². The van der Waals surface area contributed by atoms with Crippen molar-refractivity contribution in [1.82, 2.24) is 4.31 Å². The molecule has 5 heteroatoms. The topological polar surface area (TPSA) is 54.5 Å². The predicted octanol–water partition coefficient (Wildman–Crippen LogP) is 2.84. The van der Waals surface area contributed by atoms with Gasteiger partial charge >= 0.3 is 0 Å². The highest BCUT2D eigenvalue weighted by Gasteiger charge is 2.41. The van der Waals surface area contributed by atoms with Gasteiger partial charge in [-0.2, -0.15) is 4.31 Å². The van der Waals surface area contributed by atoms with Gasteiger partial charge in [-0.1, -0.05) is 18.6 Å². The molecule has 1 heterocycles. The van der Waals surface area contributed by atoms with Crippen LogP contribution in [0.4, 0.5) is 0 Å². The van der Waals surface area contributed by atoms with Crippen LogP contribution in [0.1, 0.15) is 49.4 Å². The molecule has 0 radical (unpaired) electrons. The highest BCUT2D eigenvalue weighted by Crippen LogP contribution is 2.39. The van der Waals surface area contributed by atoms with Crippen molar-refractivity contribution in [3.05, 3.63) is 29.8 Å². The Bertz CT molecular complexity index is 636. The maximum Gasteiger partial charge on any atom is 0.243 e. The lowest BCUT2D eigenvalue weighted by Gasteiger charge is -2.36. The number of hydrogen-bond acceptors (Lipinski definition) is 3. The minimum absolute atomic E-state index is 0.0484. The third kappa shape index (κ3) is 2.64. The lowest BCUT2D eigenvalue weighted by atomic mass is 9.94. The lowest BCUT2D eigenvalue weighted by Crippen LogP contribution is -2.46. The van der Waals surface area contributed by atoms with Crippen LogP contribution >= 0.6 is 0 Å². The molecule has 1 aliphatic carbocycles. The zero-order valence-corrected chi connectivity index (χ0v) is 13.1. The van der Waals surface area contributed by atoms with Gasteiger partial charge in [-0.25, -0.2) is 8.42 Å². The molecule has 0 bridgehead atoms. The van der Waals surface area contributed by atoms with Gasteiger partial charge in [0, 0.05) is 18.2 Å². The molecule has 114 valence electrons. The normalized spacial score (nSPS) is 26.5. The maximum atomic E-state index is 12.9. The Morgan fingerprint density at radius 3 is 2.43 bits per heavy atom. The Morgan fingerprint density at radius 1 is 1.10 bits per heavy atom. The van der Waals surface area contributed by atoms with Crippen molar-refractivity contribution in [2.24, 2.45) is 5.92 Å². The molecule has 2 aliphatic rings. The van der Waals surface area contributed by atoms with Crippen molar-refractivity contribution >= 4 is 15.8 Å². The van der Waals surface area contributed by atoms with Crippen LogP contribution in [0.25, 0.3) is 0 Å². The van der Waals surface area contributed by atoms with Crippen LogP contribution in [0.15, 0.2) is 29.2 Å². The Labute approximate surface area is 126 Å². The maximum absolute atomic E-state index is 12.9. The molecule has 1 saturated heterocycles. The number of ketones is 1. The monoisotopic (exact) mass is 307 g/mol. The summed E-state index contributed by atoms with van der Waals surface area (Å²) in [5.41, 5.74) is 0.548. The van der Waals surface area contributed by atoms with E-state index in [0.29, 0.717) is 22.9 Å². The summed E-state index contributed by atoms with van der Waals surface area (Å²) in [5.74, 6) is 0.484. The van der Waals surface area contributed by atoms with Crippen LogP contribution in [0.5, 0.6) is 0 Å².